The summed E-state index contributed by atoms with van der Waals surface area (Å²) in [4.78, 5) is 0. The molecule has 0 aromatic carbocycles. The lowest BCUT2D eigenvalue weighted by Crippen LogP contribution is -2.02. The summed E-state index contributed by atoms with van der Waals surface area (Å²) in [7, 11) is 3.88. The lowest BCUT2D eigenvalue weighted by Gasteiger charge is -2.01. The van der Waals surface area contributed by atoms with E-state index >= 15 is 0 Å². The van der Waals surface area contributed by atoms with E-state index < -0.39 is 0 Å². The molecule has 0 unspecified atom stereocenters. The van der Waals surface area contributed by atoms with Crippen molar-refractivity contribution in [1.82, 2.24) is 5.01 Å². The van der Waals surface area contributed by atoms with E-state index in [2.05, 4.69) is 12.0 Å². The molecule has 0 fully saturated rings. The number of unbranched alkanes of at least 4 members (excludes halogenated alkanes) is 1. The van der Waals surface area contributed by atoms with Gasteiger partial charge in [-0.05, 0) is 12.2 Å². The fourth-order valence-electron chi connectivity index (χ4n) is 0.579. The average molecular weight is 174 g/mol. The minimum atomic E-state index is 1.04. The van der Waals surface area contributed by atoms with E-state index in [0.29, 0.717) is 0 Å². The molecule has 2 nitrogen and oxygen atoms in total. The number of hydrogen-bond acceptors (Lipinski definition) is 3. The molecule has 11 heavy (non-hydrogen) atoms. The van der Waals surface area contributed by atoms with Gasteiger partial charge in [0, 0.05) is 26.1 Å². The standard InChI is InChI=1S/C8H18N2S/c1-4-5-7-11-8-6-9-10(2)3/h6H,4-5,7-8H2,1-3H3. The van der Waals surface area contributed by atoms with E-state index in [4.69, 9.17) is 0 Å². The molecule has 0 amide bonds. The molecule has 0 aliphatic heterocycles. The van der Waals surface area contributed by atoms with Crippen molar-refractivity contribution in [3.05, 3.63) is 0 Å². The zero-order chi connectivity index (χ0) is 8.53. The fraction of sp³-hybridized carbons (Fsp3) is 0.875. The number of nitrogens with zero attached hydrogens (tertiary/aromatic N) is 2. The summed E-state index contributed by atoms with van der Waals surface area (Å²) in [6, 6.07) is 0. The normalized spacial score (nSPS) is 10.8. The summed E-state index contributed by atoms with van der Waals surface area (Å²) in [5.74, 6) is 2.30. The van der Waals surface area contributed by atoms with E-state index in [1.165, 1.54) is 18.6 Å². The van der Waals surface area contributed by atoms with Gasteiger partial charge in [-0.15, -0.1) is 0 Å². The Balaban J connectivity index is 3.01. The predicted octanol–water partition coefficient (Wildman–Crippen LogP) is 2.07. The first-order valence-corrected chi connectivity index (χ1v) is 5.20. The highest BCUT2D eigenvalue weighted by Crippen LogP contribution is 2.01. The molecule has 0 saturated heterocycles. The third-order valence-electron chi connectivity index (χ3n) is 1.15. The smallest absolute Gasteiger partial charge is 0.0344 e. The minimum Gasteiger partial charge on any atom is -0.303 e. The van der Waals surface area contributed by atoms with E-state index in [1.807, 2.05) is 37.1 Å². The summed E-state index contributed by atoms with van der Waals surface area (Å²) < 4.78 is 0. The van der Waals surface area contributed by atoms with Gasteiger partial charge >= 0.3 is 0 Å². The number of thioether (sulfide) groups is 1. The summed E-state index contributed by atoms with van der Waals surface area (Å²) in [5.41, 5.74) is 0. The van der Waals surface area contributed by atoms with Gasteiger partial charge in [0.2, 0.25) is 0 Å². The zero-order valence-electron chi connectivity index (χ0n) is 7.71. The lowest BCUT2D eigenvalue weighted by molar-refractivity contribution is 0.440. The second kappa shape index (κ2) is 7.92. The SMILES string of the molecule is CCCCSCC=NN(C)C. The molecule has 0 aliphatic rings. The van der Waals surface area contributed by atoms with Gasteiger partial charge in [0.15, 0.2) is 0 Å². The lowest BCUT2D eigenvalue weighted by atomic mass is 10.4. The van der Waals surface area contributed by atoms with Gasteiger partial charge in [-0.3, -0.25) is 0 Å². The molecule has 0 aromatic heterocycles. The molecular weight excluding hydrogens is 156 g/mol. The molecule has 0 rings (SSSR count). The average Bonchev–Trinajstić information content (AvgIpc) is 1.96. The largest absolute Gasteiger partial charge is 0.303 e. The maximum Gasteiger partial charge on any atom is 0.0344 e. The second-order valence-electron chi connectivity index (χ2n) is 2.57. The molecule has 3 heteroatoms. The minimum absolute atomic E-state index is 1.04. The zero-order valence-corrected chi connectivity index (χ0v) is 8.52. The van der Waals surface area contributed by atoms with Crippen LogP contribution in [0.5, 0.6) is 0 Å². The van der Waals surface area contributed by atoms with Crippen LogP contribution in [-0.4, -0.2) is 36.8 Å². The van der Waals surface area contributed by atoms with Crippen molar-refractivity contribution >= 4 is 18.0 Å². The first-order chi connectivity index (χ1) is 5.27. The Morgan fingerprint density at radius 2 is 2.18 bits per heavy atom. The third-order valence-corrected chi connectivity index (χ3v) is 2.11. The Bertz CT molecular complexity index is 102. The van der Waals surface area contributed by atoms with Crippen LogP contribution in [0.1, 0.15) is 19.8 Å². The van der Waals surface area contributed by atoms with Gasteiger partial charge in [-0.2, -0.15) is 16.9 Å². The molecule has 0 aromatic rings. The highest BCUT2D eigenvalue weighted by atomic mass is 32.2. The van der Waals surface area contributed by atoms with Crippen molar-refractivity contribution in [2.75, 3.05) is 25.6 Å². The quantitative estimate of drug-likeness (QED) is 0.348. The van der Waals surface area contributed by atoms with E-state index in [-0.39, 0.29) is 0 Å². The second-order valence-corrected chi connectivity index (χ2v) is 3.72. The van der Waals surface area contributed by atoms with Crippen molar-refractivity contribution in [1.29, 1.82) is 0 Å². The summed E-state index contributed by atoms with van der Waals surface area (Å²) >= 11 is 1.94. The summed E-state index contributed by atoms with van der Waals surface area (Å²) in [6.07, 6.45) is 4.57. The molecule has 66 valence electrons. The maximum absolute atomic E-state index is 4.11. The molecule has 0 N–H and O–H groups in total. The van der Waals surface area contributed by atoms with Crippen LogP contribution in [-0.2, 0) is 0 Å². The van der Waals surface area contributed by atoms with Gasteiger partial charge in [-0.1, -0.05) is 13.3 Å². The number of rotatable bonds is 6. The monoisotopic (exact) mass is 174 g/mol. The summed E-state index contributed by atoms with van der Waals surface area (Å²) in [6.45, 7) is 2.22. The maximum atomic E-state index is 4.11. The molecule has 0 bridgehead atoms. The molecule has 0 atom stereocenters. The molecule has 0 aliphatic carbocycles. The van der Waals surface area contributed by atoms with Crippen molar-refractivity contribution in [2.24, 2.45) is 5.10 Å². The fourth-order valence-corrected chi connectivity index (χ4v) is 1.41. The molecular formula is C8H18N2S. The molecule has 0 heterocycles. The Morgan fingerprint density at radius 1 is 1.45 bits per heavy atom. The Kier molecular flexibility index (Phi) is 7.79. The van der Waals surface area contributed by atoms with E-state index in [9.17, 15) is 0 Å². The molecule has 0 saturated carbocycles. The van der Waals surface area contributed by atoms with Gasteiger partial charge in [0.1, 0.15) is 0 Å². The van der Waals surface area contributed by atoms with Gasteiger partial charge in [0.05, 0.1) is 0 Å². The van der Waals surface area contributed by atoms with Gasteiger partial charge in [0.25, 0.3) is 0 Å². The van der Waals surface area contributed by atoms with Crippen molar-refractivity contribution in [3.8, 4) is 0 Å². The van der Waals surface area contributed by atoms with Crippen LogP contribution in [0.25, 0.3) is 0 Å². The first-order valence-electron chi connectivity index (χ1n) is 4.05. The van der Waals surface area contributed by atoms with Crippen molar-refractivity contribution < 1.29 is 0 Å². The van der Waals surface area contributed by atoms with Crippen molar-refractivity contribution in [2.45, 2.75) is 19.8 Å². The van der Waals surface area contributed by atoms with Crippen LogP contribution in [0, 0.1) is 0 Å². The van der Waals surface area contributed by atoms with Crippen molar-refractivity contribution in [3.63, 3.8) is 0 Å². The highest BCUT2D eigenvalue weighted by Gasteiger charge is 1.84. The molecule has 0 spiro atoms. The van der Waals surface area contributed by atoms with Crippen LogP contribution in [0.15, 0.2) is 5.10 Å². The van der Waals surface area contributed by atoms with Crippen LogP contribution in [0.3, 0.4) is 0 Å². The van der Waals surface area contributed by atoms with Crippen LogP contribution in [0.2, 0.25) is 0 Å². The van der Waals surface area contributed by atoms with E-state index in [0.717, 1.165) is 5.75 Å². The van der Waals surface area contributed by atoms with Gasteiger partial charge < -0.3 is 5.01 Å². The highest BCUT2D eigenvalue weighted by molar-refractivity contribution is 7.99. The Labute approximate surface area is 74.0 Å². The molecule has 0 radical (unpaired) electrons. The van der Waals surface area contributed by atoms with Crippen LogP contribution < -0.4 is 0 Å². The summed E-state index contributed by atoms with van der Waals surface area (Å²) in [5, 5.41) is 5.93. The van der Waals surface area contributed by atoms with Gasteiger partial charge in [-0.25, -0.2) is 0 Å². The Morgan fingerprint density at radius 3 is 2.73 bits per heavy atom. The van der Waals surface area contributed by atoms with E-state index in [1.54, 1.807) is 0 Å². The van der Waals surface area contributed by atoms with Crippen LogP contribution >= 0.6 is 11.8 Å². The topological polar surface area (TPSA) is 15.6 Å². The Hall–Kier alpha value is -0.180. The third kappa shape index (κ3) is 9.82. The predicted molar refractivity (Wildman–Crippen MR) is 54.4 cm³/mol. The number of hydrogen-bond donors (Lipinski definition) is 0. The first kappa shape index (κ1) is 10.8. The van der Waals surface area contributed by atoms with Crippen LogP contribution in [0.4, 0.5) is 0 Å². The number of hydrazone groups is 1.